The van der Waals surface area contributed by atoms with E-state index in [0.717, 1.165) is 4.31 Å². The molecule has 2 heterocycles. The number of sulfonamides is 1. The van der Waals surface area contributed by atoms with Crippen molar-refractivity contribution in [3.63, 3.8) is 0 Å². The van der Waals surface area contributed by atoms with Crippen LogP contribution in [0.3, 0.4) is 0 Å². The largest absolute Gasteiger partial charge is 0.496 e. The molecule has 1 atom stereocenters. The maximum absolute atomic E-state index is 13.7. The van der Waals surface area contributed by atoms with Gasteiger partial charge in [0.15, 0.2) is 0 Å². The van der Waals surface area contributed by atoms with Crippen molar-refractivity contribution in [2.75, 3.05) is 24.7 Å². The number of anilines is 1. The molecule has 0 radical (unpaired) electrons. The number of methoxy groups -OCH3 is 1. The molecule has 1 unspecified atom stereocenters. The Morgan fingerprint density at radius 3 is 2.59 bits per heavy atom. The van der Waals surface area contributed by atoms with Crippen LogP contribution in [0.4, 0.5) is 5.69 Å². The molecule has 39 heavy (non-hydrogen) atoms. The monoisotopic (exact) mass is 569 g/mol. The molecule has 0 saturated carbocycles. The molecule has 1 aliphatic heterocycles. The molecule has 0 spiro atoms. The molecule has 12 heteroatoms. The van der Waals surface area contributed by atoms with E-state index < -0.39 is 26.7 Å². The van der Waals surface area contributed by atoms with Crippen LogP contribution >= 0.6 is 11.8 Å². The number of furan rings is 1. The van der Waals surface area contributed by atoms with Gasteiger partial charge >= 0.3 is 0 Å². The third-order valence-electron chi connectivity index (χ3n) is 6.75. The number of amides is 2. The molecule has 3 aromatic carbocycles. The van der Waals surface area contributed by atoms with Gasteiger partial charge in [0.1, 0.15) is 23.0 Å². The lowest BCUT2D eigenvalue weighted by molar-refractivity contribution is -0.134. The molecule has 1 aromatic heterocycles. The number of nitrogens with one attached hydrogen (secondary N) is 2. The molecule has 4 aromatic rings. The highest BCUT2D eigenvalue weighted by Gasteiger charge is 2.48. The highest BCUT2D eigenvalue weighted by Crippen LogP contribution is 2.39. The van der Waals surface area contributed by atoms with Crippen molar-refractivity contribution < 1.29 is 32.4 Å². The van der Waals surface area contributed by atoms with Gasteiger partial charge in [-0.25, -0.2) is 13.9 Å². The fraction of sp³-hybridized carbons (Fsp3) is 0.259. The van der Waals surface area contributed by atoms with Gasteiger partial charge in [0.05, 0.1) is 17.6 Å². The van der Waals surface area contributed by atoms with Gasteiger partial charge in [-0.1, -0.05) is 12.1 Å². The Labute approximate surface area is 229 Å². The number of ether oxygens (including phenoxy) is 1. The second-order valence-corrected chi connectivity index (χ2v) is 13.2. The van der Waals surface area contributed by atoms with Crippen molar-refractivity contribution in [1.29, 1.82) is 0 Å². The summed E-state index contributed by atoms with van der Waals surface area (Å²) < 4.78 is 39.1. The van der Waals surface area contributed by atoms with Crippen LogP contribution in [0.25, 0.3) is 21.9 Å². The fourth-order valence-corrected chi connectivity index (χ4v) is 8.02. The Morgan fingerprint density at radius 1 is 1.08 bits per heavy atom. The smallest absolute Gasteiger partial charge is 0.263 e. The number of para-hydroxylation sites is 1. The van der Waals surface area contributed by atoms with Gasteiger partial charge < -0.3 is 14.5 Å². The minimum Gasteiger partial charge on any atom is -0.496 e. The molecular formula is C27H27N3O7S2. The van der Waals surface area contributed by atoms with E-state index >= 15 is 0 Å². The minimum absolute atomic E-state index is 0.00434. The summed E-state index contributed by atoms with van der Waals surface area (Å²) in [5.74, 6) is -0.182. The maximum atomic E-state index is 13.7. The molecule has 1 aliphatic rings. The number of hydrogen-bond donors (Lipinski definition) is 3. The highest BCUT2D eigenvalue weighted by atomic mass is 32.2. The second kappa shape index (κ2) is 10.2. The molecule has 5 rings (SSSR count). The molecular weight excluding hydrogens is 542 g/mol. The van der Waals surface area contributed by atoms with E-state index in [4.69, 9.17) is 9.15 Å². The van der Waals surface area contributed by atoms with Crippen molar-refractivity contribution in [2.24, 2.45) is 0 Å². The first kappa shape index (κ1) is 27.0. The van der Waals surface area contributed by atoms with E-state index in [-0.39, 0.29) is 17.3 Å². The van der Waals surface area contributed by atoms with Gasteiger partial charge in [0.2, 0.25) is 10.0 Å². The topological polar surface area (TPSA) is 138 Å². The van der Waals surface area contributed by atoms with Gasteiger partial charge in [-0.05, 0) is 56.3 Å². The number of nitrogens with zero attached hydrogens (tertiary/aromatic N) is 1. The van der Waals surface area contributed by atoms with Gasteiger partial charge in [-0.2, -0.15) is 16.1 Å². The summed E-state index contributed by atoms with van der Waals surface area (Å²) >= 11 is 1.47. The number of benzene rings is 3. The van der Waals surface area contributed by atoms with Crippen LogP contribution in [0.5, 0.6) is 5.75 Å². The van der Waals surface area contributed by atoms with E-state index in [1.165, 1.54) is 31.0 Å². The lowest BCUT2D eigenvalue weighted by Gasteiger charge is -2.43. The van der Waals surface area contributed by atoms with E-state index in [2.05, 4.69) is 5.32 Å². The van der Waals surface area contributed by atoms with Crippen LogP contribution in [0.2, 0.25) is 0 Å². The minimum atomic E-state index is -4.10. The van der Waals surface area contributed by atoms with Crippen LogP contribution in [0, 0.1) is 0 Å². The number of carbonyl (C=O) groups excluding carboxylic acids is 2. The quantitative estimate of drug-likeness (QED) is 0.232. The first-order chi connectivity index (χ1) is 18.6. The number of carbonyl (C=O) groups is 2. The van der Waals surface area contributed by atoms with E-state index in [1.807, 2.05) is 0 Å². The van der Waals surface area contributed by atoms with Crippen molar-refractivity contribution in [3.05, 3.63) is 66.2 Å². The third-order valence-corrected chi connectivity index (χ3v) is 9.96. The number of hydroxylamine groups is 1. The third kappa shape index (κ3) is 4.84. The van der Waals surface area contributed by atoms with Crippen molar-refractivity contribution in [1.82, 2.24) is 9.79 Å². The predicted octanol–water partition coefficient (Wildman–Crippen LogP) is 4.24. The number of rotatable bonds is 6. The first-order valence-corrected chi connectivity index (χ1v) is 14.5. The molecule has 0 bridgehead atoms. The maximum Gasteiger partial charge on any atom is 0.263 e. The zero-order chi connectivity index (χ0) is 27.9. The van der Waals surface area contributed by atoms with Crippen molar-refractivity contribution >= 4 is 61.2 Å². The lowest BCUT2D eigenvalue weighted by Crippen LogP contribution is -2.61. The number of thioether (sulfide) groups is 1. The van der Waals surface area contributed by atoms with Crippen molar-refractivity contribution in [3.8, 4) is 5.75 Å². The zero-order valence-electron chi connectivity index (χ0n) is 21.4. The van der Waals surface area contributed by atoms with E-state index in [0.29, 0.717) is 44.7 Å². The summed E-state index contributed by atoms with van der Waals surface area (Å²) in [7, 11) is -2.61. The molecule has 204 valence electrons. The predicted molar refractivity (Wildman–Crippen MR) is 149 cm³/mol. The van der Waals surface area contributed by atoms with Crippen LogP contribution in [-0.2, 0) is 14.8 Å². The second-order valence-electron chi connectivity index (χ2n) is 9.57. The van der Waals surface area contributed by atoms with E-state index in [1.54, 1.807) is 67.9 Å². The van der Waals surface area contributed by atoms with Gasteiger partial charge in [-0.15, -0.1) is 0 Å². The van der Waals surface area contributed by atoms with Gasteiger partial charge in [0, 0.05) is 39.6 Å². The fourth-order valence-electron chi connectivity index (χ4n) is 4.88. The lowest BCUT2D eigenvalue weighted by atomic mass is 10.0. The number of fused-ring (bicyclic) bond motifs is 3. The SMILES string of the molecule is COc1ccccc1C(=O)Nc1ccc2c(c1)oc1ccc(S(=O)(=O)N3CCSC(C)(C)C3C(=O)NO)cc12. The molecule has 1 fully saturated rings. The Kier molecular flexibility index (Phi) is 7.06. The van der Waals surface area contributed by atoms with Crippen LogP contribution < -0.4 is 15.5 Å². The summed E-state index contributed by atoms with van der Waals surface area (Å²) in [5.41, 5.74) is 3.43. The molecule has 10 nitrogen and oxygen atoms in total. The average Bonchev–Trinajstić information content (AvgIpc) is 3.29. The van der Waals surface area contributed by atoms with Gasteiger partial charge in [0.25, 0.3) is 11.8 Å². The molecule has 1 saturated heterocycles. The Balaban J connectivity index is 1.49. The molecule has 0 aliphatic carbocycles. The summed E-state index contributed by atoms with van der Waals surface area (Å²) in [5, 5.41) is 13.4. The van der Waals surface area contributed by atoms with Crippen LogP contribution in [0.15, 0.2) is 70.0 Å². The number of hydrogen-bond acceptors (Lipinski definition) is 8. The zero-order valence-corrected chi connectivity index (χ0v) is 23.1. The Morgan fingerprint density at radius 2 is 1.85 bits per heavy atom. The van der Waals surface area contributed by atoms with E-state index in [9.17, 15) is 23.2 Å². The first-order valence-electron chi connectivity index (χ1n) is 12.1. The normalized spacial score (nSPS) is 17.7. The Bertz CT molecular complexity index is 1700. The van der Waals surface area contributed by atoms with Crippen LogP contribution in [-0.4, -0.2) is 59.9 Å². The Hall–Kier alpha value is -3.58. The standard InChI is InChI=1S/C27H27N3O7S2/c1-27(2)24(26(32)29-33)30(12-13-38-27)39(34,35)17-9-11-22-20(15-17)18-10-8-16(14-23(18)37-22)28-25(31)19-6-4-5-7-21(19)36-3/h4-11,14-15,24,33H,12-13H2,1-3H3,(H,28,31)(H,29,32). The van der Waals surface area contributed by atoms with Crippen LogP contribution in [0.1, 0.15) is 24.2 Å². The summed E-state index contributed by atoms with van der Waals surface area (Å²) in [6.07, 6.45) is 0. The van der Waals surface area contributed by atoms with Crippen molar-refractivity contribution in [2.45, 2.75) is 29.5 Å². The van der Waals surface area contributed by atoms with Gasteiger partial charge in [-0.3, -0.25) is 14.8 Å². The highest BCUT2D eigenvalue weighted by molar-refractivity contribution is 8.01. The molecule has 3 N–H and O–H groups in total. The average molecular weight is 570 g/mol. The summed E-state index contributed by atoms with van der Waals surface area (Å²) in [6.45, 7) is 3.67. The molecule has 2 amide bonds. The summed E-state index contributed by atoms with van der Waals surface area (Å²) in [6, 6.07) is 15.4. The summed E-state index contributed by atoms with van der Waals surface area (Å²) in [4.78, 5) is 25.3.